The zero-order chi connectivity index (χ0) is 21.1. The summed E-state index contributed by atoms with van der Waals surface area (Å²) in [5, 5.41) is 7.63. The van der Waals surface area contributed by atoms with Crippen LogP contribution in [0.25, 0.3) is 0 Å². The first-order valence-corrected chi connectivity index (χ1v) is 10.0. The summed E-state index contributed by atoms with van der Waals surface area (Å²) >= 11 is 0. The molecule has 158 valence electrons. The van der Waals surface area contributed by atoms with Crippen molar-refractivity contribution in [3.63, 3.8) is 0 Å². The number of nitrogens with zero attached hydrogens (tertiary/aromatic N) is 2. The second kappa shape index (κ2) is 8.71. The summed E-state index contributed by atoms with van der Waals surface area (Å²) in [6.07, 6.45) is 3.02. The number of hydrogen-bond acceptors (Lipinski definition) is 6. The molecule has 3 atom stereocenters. The minimum Gasteiger partial charge on any atom is -0.344 e. The van der Waals surface area contributed by atoms with Crippen molar-refractivity contribution < 1.29 is 28.8 Å². The molecule has 0 aromatic rings. The van der Waals surface area contributed by atoms with E-state index in [0.717, 1.165) is 17.9 Å². The van der Waals surface area contributed by atoms with Crippen LogP contribution in [0, 0.1) is 5.92 Å². The van der Waals surface area contributed by atoms with E-state index in [9.17, 15) is 28.8 Å². The fourth-order valence-corrected chi connectivity index (χ4v) is 3.76. The van der Waals surface area contributed by atoms with Gasteiger partial charge in [-0.15, -0.1) is 0 Å². The Kier molecular flexibility index (Phi) is 6.29. The van der Waals surface area contributed by atoms with Gasteiger partial charge in [0.25, 0.3) is 5.91 Å². The molecule has 2 saturated heterocycles. The van der Waals surface area contributed by atoms with Gasteiger partial charge in [0.2, 0.25) is 17.7 Å². The van der Waals surface area contributed by atoms with E-state index in [1.54, 1.807) is 0 Å². The highest BCUT2D eigenvalue weighted by Gasteiger charge is 2.45. The lowest BCUT2D eigenvalue weighted by molar-refractivity contribution is -0.176. The number of carbonyl (C=O) groups is 6. The molecule has 0 spiro atoms. The van der Waals surface area contributed by atoms with Crippen LogP contribution in [-0.2, 0) is 28.8 Å². The van der Waals surface area contributed by atoms with Crippen LogP contribution in [-0.4, -0.2) is 70.4 Å². The number of amides is 4. The number of ketones is 1. The molecule has 29 heavy (non-hydrogen) atoms. The molecule has 0 aromatic heterocycles. The van der Waals surface area contributed by atoms with Crippen LogP contribution in [0.3, 0.4) is 0 Å². The number of fused-ring (bicyclic) bond motifs is 1. The normalized spacial score (nSPS) is 25.6. The van der Waals surface area contributed by atoms with E-state index >= 15 is 0 Å². The molecule has 0 radical (unpaired) electrons. The highest BCUT2D eigenvalue weighted by molar-refractivity contribution is 5.96. The monoisotopic (exact) mass is 406 g/mol. The lowest BCUT2D eigenvalue weighted by atomic mass is 10.0. The zero-order valence-electron chi connectivity index (χ0n) is 16.4. The van der Waals surface area contributed by atoms with Gasteiger partial charge in [-0.1, -0.05) is 0 Å². The molecule has 1 aliphatic carbocycles. The van der Waals surface area contributed by atoms with Gasteiger partial charge in [0.05, 0.1) is 6.04 Å². The van der Waals surface area contributed by atoms with Gasteiger partial charge in [0.1, 0.15) is 24.2 Å². The van der Waals surface area contributed by atoms with Crippen molar-refractivity contribution in [2.75, 3.05) is 6.54 Å². The van der Waals surface area contributed by atoms with Crippen molar-refractivity contribution in [2.45, 2.75) is 70.0 Å². The Morgan fingerprint density at radius 3 is 2.48 bits per heavy atom. The summed E-state index contributed by atoms with van der Waals surface area (Å²) in [7, 11) is 0. The first-order valence-electron chi connectivity index (χ1n) is 10.0. The second-order valence-corrected chi connectivity index (χ2v) is 7.89. The number of carbonyl (C=O) groups excluding carboxylic acids is 6. The predicted molar refractivity (Wildman–Crippen MR) is 98.8 cm³/mol. The summed E-state index contributed by atoms with van der Waals surface area (Å²) in [5.74, 6) is -1.92. The van der Waals surface area contributed by atoms with Crippen LogP contribution in [0.1, 0.15) is 51.9 Å². The van der Waals surface area contributed by atoms with Gasteiger partial charge in [-0.3, -0.25) is 29.0 Å². The lowest BCUT2D eigenvalue weighted by Gasteiger charge is -2.43. The Balaban J connectivity index is 1.78. The molecule has 3 fully saturated rings. The average molecular weight is 406 g/mol. The maximum Gasteiger partial charge on any atom is 0.264 e. The molecule has 2 heterocycles. The summed E-state index contributed by atoms with van der Waals surface area (Å²) < 4.78 is 0. The van der Waals surface area contributed by atoms with Crippen molar-refractivity contribution in [1.29, 1.82) is 0 Å². The van der Waals surface area contributed by atoms with E-state index < -0.39 is 29.9 Å². The average Bonchev–Trinajstić information content (AvgIpc) is 3.54. The smallest absolute Gasteiger partial charge is 0.264 e. The Labute approximate surface area is 168 Å². The summed E-state index contributed by atoms with van der Waals surface area (Å²) in [6.45, 7) is 1.62. The first-order chi connectivity index (χ1) is 13.8. The molecule has 0 bridgehead atoms. The molecule has 10 nitrogen and oxygen atoms in total. The molecule has 1 saturated carbocycles. The largest absolute Gasteiger partial charge is 0.344 e. The lowest BCUT2D eigenvalue weighted by Crippen LogP contribution is -2.64. The summed E-state index contributed by atoms with van der Waals surface area (Å²) in [4.78, 5) is 73.1. The minimum atomic E-state index is -0.987. The van der Waals surface area contributed by atoms with E-state index in [4.69, 9.17) is 0 Å². The molecule has 2 aliphatic heterocycles. The standard InChI is InChI=1S/C19H26N4O6/c1-11(25)9-13(10-24)20-18(28)15-3-2-8-22-16(26)7-6-14(19(29)23(15)22)21-17(27)12-4-5-12/h10,12-15H,2-9H2,1H3,(H,20,28)(H,21,27)/t13-,14-,15-/m0/s1. The molecule has 0 unspecified atom stereocenters. The van der Waals surface area contributed by atoms with Crippen LogP contribution in [0.4, 0.5) is 0 Å². The number of hydrogen-bond donors (Lipinski definition) is 2. The molecular weight excluding hydrogens is 380 g/mol. The van der Waals surface area contributed by atoms with E-state index in [1.807, 2.05) is 0 Å². The van der Waals surface area contributed by atoms with Gasteiger partial charge >= 0.3 is 0 Å². The molecule has 3 rings (SSSR count). The molecular formula is C19H26N4O6. The van der Waals surface area contributed by atoms with Gasteiger partial charge in [-0.25, -0.2) is 5.01 Å². The van der Waals surface area contributed by atoms with Gasteiger partial charge in [0, 0.05) is 25.3 Å². The first kappa shape index (κ1) is 20.9. The number of Topliss-reactive ketones (excluding diaryl/α,β-unsaturated/α-hetero) is 1. The Bertz CT molecular complexity index is 734. The maximum atomic E-state index is 13.2. The van der Waals surface area contributed by atoms with Gasteiger partial charge in [-0.05, 0) is 39.0 Å². The Hall–Kier alpha value is -2.78. The van der Waals surface area contributed by atoms with Crippen LogP contribution < -0.4 is 10.6 Å². The molecule has 0 aromatic carbocycles. The number of rotatable bonds is 7. The SMILES string of the molecule is CC(=O)C[C@@H](C=O)NC(=O)[C@@H]1CCCN2C(=O)CC[C@H](NC(=O)C3CC3)C(=O)N12. The van der Waals surface area contributed by atoms with Crippen LogP contribution in [0.5, 0.6) is 0 Å². The third-order valence-electron chi connectivity index (χ3n) is 5.43. The second-order valence-electron chi connectivity index (χ2n) is 7.89. The van der Waals surface area contributed by atoms with Crippen LogP contribution >= 0.6 is 0 Å². The van der Waals surface area contributed by atoms with E-state index in [0.29, 0.717) is 25.7 Å². The van der Waals surface area contributed by atoms with Gasteiger partial charge in [0.15, 0.2) is 0 Å². The third-order valence-corrected chi connectivity index (χ3v) is 5.43. The summed E-state index contributed by atoms with van der Waals surface area (Å²) in [5.41, 5.74) is 0. The van der Waals surface area contributed by atoms with Crippen molar-refractivity contribution in [3.05, 3.63) is 0 Å². The number of nitrogens with one attached hydrogen (secondary N) is 2. The zero-order valence-corrected chi connectivity index (χ0v) is 16.4. The van der Waals surface area contributed by atoms with Crippen molar-refractivity contribution in [1.82, 2.24) is 20.7 Å². The highest BCUT2D eigenvalue weighted by atomic mass is 16.2. The maximum absolute atomic E-state index is 13.2. The fraction of sp³-hybridized carbons (Fsp3) is 0.684. The predicted octanol–water partition coefficient (Wildman–Crippen LogP) is -0.928. The highest BCUT2D eigenvalue weighted by Crippen LogP contribution is 2.30. The summed E-state index contributed by atoms with van der Waals surface area (Å²) in [6, 6.07) is -2.84. The number of hydrazine groups is 1. The minimum absolute atomic E-state index is 0.0850. The van der Waals surface area contributed by atoms with Crippen molar-refractivity contribution in [2.24, 2.45) is 5.92 Å². The topological polar surface area (TPSA) is 133 Å². The van der Waals surface area contributed by atoms with Crippen LogP contribution in [0.15, 0.2) is 0 Å². The van der Waals surface area contributed by atoms with Crippen LogP contribution in [0.2, 0.25) is 0 Å². The molecule has 10 heteroatoms. The van der Waals surface area contributed by atoms with E-state index in [-0.39, 0.29) is 42.8 Å². The quantitative estimate of drug-likeness (QED) is 0.525. The Morgan fingerprint density at radius 2 is 1.86 bits per heavy atom. The third kappa shape index (κ3) is 4.80. The number of aldehydes is 1. The Morgan fingerprint density at radius 1 is 1.14 bits per heavy atom. The molecule has 2 N–H and O–H groups in total. The van der Waals surface area contributed by atoms with E-state index in [2.05, 4.69) is 10.6 Å². The molecule has 4 amide bonds. The van der Waals surface area contributed by atoms with Gasteiger partial charge < -0.3 is 15.4 Å². The van der Waals surface area contributed by atoms with Crippen molar-refractivity contribution in [3.8, 4) is 0 Å². The molecule has 3 aliphatic rings. The van der Waals surface area contributed by atoms with E-state index in [1.165, 1.54) is 11.9 Å². The fourth-order valence-electron chi connectivity index (χ4n) is 3.76. The van der Waals surface area contributed by atoms with Crippen molar-refractivity contribution >= 4 is 35.7 Å². The van der Waals surface area contributed by atoms with Gasteiger partial charge in [-0.2, -0.15) is 0 Å².